The molecule has 0 amide bonds. The third kappa shape index (κ3) is 2.08. The monoisotopic (exact) mass is 265 g/mol. The molecular weight excluding hydrogens is 246 g/mol. The molecule has 98 valence electrons. The minimum absolute atomic E-state index is 0.162. The number of aliphatic carboxylic acids is 1. The number of carboxylic acids is 1. The molecule has 3 nitrogen and oxygen atoms in total. The van der Waals surface area contributed by atoms with E-state index in [1.165, 1.54) is 17.7 Å². The molecule has 1 aliphatic heterocycles. The smallest absolute Gasteiger partial charge is 0.308 e. The van der Waals surface area contributed by atoms with Gasteiger partial charge >= 0.3 is 5.97 Å². The van der Waals surface area contributed by atoms with Crippen LogP contribution in [0.5, 0.6) is 0 Å². The summed E-state index contributed by atoms with van der Waals surface area (Å²) >= 11 is 1.81. The lowest BCUT2D eigenvalue weighted by Crippen LogP contribution is -2.36. The molecule has 0 spiro atoms. The molecule has 2 aliphatic rings. The summed E-state index contributed by atoms with van der Waals surface area (Å²) in [7, 11) is 0. The molecule has 1 saturated heterocycles. The number of rotatable bonds is 4. The second kappa shape index (κ2) is 4.67. The van der Waals surface area contributed by atoms with Gasteiger partial charge in [-0.3, -0.25) is 9.69 Å². The minimum Gasteiger partial charge on any atom is -0.481 e. The Hall–Kier alpha value is -0.870. The molecule has 1 aromatic heterocycles. The van der Waals surface area contributed by atoms with Gasteiger partial charge in [-0.2, -0.15) is 0 Å². The van der Waals surface area contributed by atoms with Crippen LogP contribution in [-0.4, -0.2) is 28.6 Å². The Morgan fingerprint density at radius 2 is 2.28 bits per heavy atom. The van der Waals surface area contributed by atoms with Gasteiger partial charge in [0.15, 0.2) is 0 Å². The number of hydrogen-bond acceptors (Lipinski definition) is 3. The molecule has 1 N–H and O–H groups in total. The second-order valence-corrected chi connectivity index (χ2v) is 6.49. The largest absolute Gasteiger partial charge is 0.481 e. The molecule has 18 heavy (non-hydrogen) atoms. The molecule has 2 heterocycles. The van der Waals surface area contributed by atoms with Gasteiger partial charge in [-0.15, -0.1) is 11.3 Å². The topological polar surface area (TPSA) is 40.5 Å². The van der Waals surface area contributed by atoms with E-state index >= 15 is 0 Å². The quantitative estimate of drug-likeness (QED) is 0.910. The van der Waals surface area contributed by atoms with E-state index < -0.39 is 5.97 Å². The predicted octanol–water partition coefficient (Wildman–Crippen LogP) is 2.99. The molecule has 0 radical (unpaired) electrons. The predicted molar refractivity (Wildman–Crippen MR) is 71.7 cm³/mol. The fourth-order valence-electron chi connectivity index (χ4n) is 3.22. The number of carbonyl (C=O) groups is 1. The summed E-state index contributed by atoms with van der Waals surface area (Å²) in [5, 5.41) is 11.4. The zero-order chi connectivity index (χ0) is 12.7. The summed E-state index contributed by atoms with van der Waals surface area (Å²) < 4.78 is 0. The third-order valence-corrected chi connectivity index (χ3v) is 5.32. The van der Waals surface area contributed by atoms with E-state index in [0.29, 0.717) is 6.04 Å². The lowest BCUT2D eigenvalue weighted by Gasteiger charge is -2.32. The van der Waals surface area contributed by atoms with E-state index in [0.717, 1.165) is 18.9 Å². The summed E-state index contributed by atoms with van der Waals surface area (Å²) in [5.41, 5.74) is 0. The van der Waals surface area contributed by atoms with Crippen molar-refractivity contribution in [2.24, 2.45) is 11.8 Å². The Balaban J connectivity index is 1.82. The van der Waals surface area contributed by atoms with Crippen molar-refractivity contribution in [2.45, 2.75) is 38.3 Å². The third-order valence-electron chi connectivity index (χ3n) is 4.38. The molecule has 4 heteroatoms. The van der Waals surface area contributed by atoms with Gasteiger partial charge < -0.3 is 5.11 Å². The number of likely N-dealkylation sites (tertiary alicyclic amines) is 1. The van der Waals surface area contributed by atoms with Crippen LogP contribution in [0.2, 0.25) is 0 Å². The highest BCUT2D eigenvalue weighted by Crippen LogP contribution is 2.48. The molecule has 0 aromatic carbocycles. The van der Waals surface area contributed by atoms with Gasteiger partial charge in [-0.05, 0) is 50.1 Å². The Kier molecular flexibility index (Phi) is 3.16. The van der Waals surface area contributed by atoms with E-state index in [1.807, 2.05) is 11.3 Å². The first kappa shape index (κ1) is 12.2. The van der Waals surface area contributed by atoms with Crippen LogP contribution in [0.1, 0.15) is 37.1 Å². The average Bonchev–Trinajstić information content (AvgIpc) is 2.86. The zero-order valence-electron chi connectivity index (χ0n) is 10.6. The Morgan fingerprint density at radius 3 is 2.78 bits per heavy atom. The van der Waals surface area contributed by atoms with Gasteiger partial charge in [0, 0.05) is 17.0 Å². The highest BCUT2D eigenvalue weighted by molar-refractivity contribution is 7.10. The van der Waals surface area contributed by atoms with Gasteiger partial charge in [0.05, 0.1) is 5.92 Å². The van der Waals surface area contributed by atoms with Crippen molar-refractivity contribution in [3.8, 4) is 0 Å². The molecule has 1 aromatic rings. The second-order valence-electron chi connectivity index (χ2n) is 5.51. The zero-order valence-corrected chi connectivity index (χ0v) is 11.4. The molecule has 1 saturated carbocycles. The van der Waals surface area contributed by atoms with Gasteiger partial charge in [0.25, 0.3) is 0 Å². The van der Waals surface area contributed by atoms with Crippen molar-refractivity contribution in [3.63, 3.8) is 0 Å². The van der Waals surface area contributed by atoms with Crippen LogP contribution >= 0.6 is 11.3 Å². The van der Waals surface area contributed by atoms with E-state index in [4.69, 9.17) is 0 Å². The van der Waals surface area contributed by atoms with Crippen LogP contribution < -0.4 is 0 Å². The number of nitrogens with zero attached hydrogens (tertiary/aromatic N) is 1. The summed E-state index contributed by atoms with van der Waals surface area (Å²) in [4.78, 5) is 15.1. The van der Waals surface area contributed by atoms with Crippen molar-refractivity contribution in [3.05, 3.63) is 22.4 Å². The minimum atomic E-state index is -0.634. The first-order valence-electron chi connectivity index (χ1n) is 6.70. The van der Waals surface area contributed by atoms with Crippen LogP contribution in [0.4, 0.5) is 0 Å². The molecule has 3 atom stereocenters. The summed E-state index contributed by atoms with van der Waals surface area (Å²) in [6.07, 6.45) is 3.39. The number of hydrogen-bond donors (Lipinski definition) is 1. The van der Waals surface area contributed by atoms with Crippen molar-refractivity contribution < 1.29 is 9.90 Å². The SMILES string of the molecule is CC1C(C(=O)O)CCN1C(c1cccs1)C1CC1. The van der Waals surface area contributed by atoms with E-state index in [-0.39, 0.29) is 12.0 Å². The highest BCUT2D eigenvalue weighted by atomic mass is 32.1. The van der Waals surface area contributed by atoms with Crippen LogP contribution in [0.3, 0.4) is 0 Å². The Morgan fingerprint density at radius 1 is 1.50 bits per heavy atom. The maximum Gasteiger partial charge on any atom is 0.308 e. The summed E-state index contributed by atoms with van der Waals surface area (Å²) in [6.45, 7) is 3.01. The summed E-state index contributed by atoms with van der Waals surface area (Å²) in [6, 6.07) is 4.93. The molecule has 3 rings (SSSR count). The van der Waals surface area contributed by atoms with E-state index in [2.05, 4.69) is 29.3 Å². The molecule has 2 fully saturated rings. The van der Waals surface area contributed by atoms with Crippen LogP contribution in [0, 0.1) is 11.8 Å². The van der Waals surface area contributed by atoms with Crippen LogP contribution in [0.15, 0.2) is 17.5 Å². The van der Waals surface area contributed by atoms with Gasteiger partial charge in [0.2, 0.25) is 0 Å². The van der Waals surface area contributed by atoms with E-state index in [9.17, 15) is 9.90 Å². The Bertz CT molecular complexity index is 427. The van der Waals surface area contributed by atoms with Crippen molar-refractivity contribution in [1.82, 2.24) is 4.90 Å². The molecule has 3 unspecified atom stereocenters. The number of thiophene rings is 1. The fourth-order valence-corrected chi connectivity index (χ4v) is 4.16. The van der Waals surface area contributed by atoms with E-state index in [1.54, 1.807) is 0 Å². The van der Waals surface area contributed by atoms with Crippen molar-refractivity contribution in [2.75, 3.05) is 6.54 Å². The molecule has 0 bridgehead atoms. The summed E-state index contributed by atoms with van der Waals surface area (Å²) in [5.74, 6) is -0.0735. The van der Waals surface area contributed by atoms with Crippen LogP contribution in [0.25, 0.3) is 0 Å². The van der Waals surface area contributed by atoms with Crippen molar-refractivity contribution in [1.29, 1.82) is 0 Å². The van der Waals surface area contributed by atoms with Gasteiger partial charge in [-0.1, -0.05) is 6.07 Å². The number of carboxylic acid groups (broad SMARTS) is 1. The maximum atomic E-state index is 11.2. The van der Waals surface area contributed by atoms with Crippen molar-refractivity contribution >= 4 is 17.3 Å². The standard InChI is InChI=1S/C14H19NO2S/c1-9-11(14(16)17)6-7-15(9)13(10-4-5-10)12-3-2-8-18-12/h2-3,8-11,13H,4-7H2,1H3,(H,16,17). The normalized spacial score (nSPS) is 30.5. The Labute approximate surface area is 111 Å². The fraction of sp³-hybridized carbons (Fsp3) is 0.643. The first-order valence-corrected chi connectivity index (χ1v) is 7.58. The molecular formula is C14H19NO2S. The molecule has 1 aliphatic carbocycles. The van der Waals surface area contributed by atoms with Crippen LogP contribution in [-0.2, 0) is 4.79 Å². The lowest BCUT2D eigenvalue weighted by atomic mass is 10.0. The van der Waals surface area contributed by atoms with Gasteiger partial charge in [0.1, 0.15) is 0 Å². The highest BCUT2D eigenvalue weighted by Gasteiger charge is 2.44. The lowest BCUT2D eigenvalue weighted by molar-refractivity contribution is -0.142. The average molecular weight is 265 g/mol. The first-order chi connectivity index (χ1) is 8.68. The van der Waals surface area contributed by atoms with Gasteiger partial charge in [-0.25, -0.2) is 0 Å². The maximum absolute atomic E-state index is 11.2.